The molecule has 2 N–H and O–H groups in total. The predicted octanol–water partition coefficient (Wildman–Crippen LogP) is 5.32. The molecule has 0 bridgehead atoms. The molecule has 1 aliphatic rings. The van der Waals surface area contributed by atoms with E-state index < -0.39 is 0 Å². The van der Waals surface area contributed by atoms with Crippen LogP contribution < -0.4 is 5.32 Å². The molecule has 0 fully saturated rings. The van der Waals surface area contributed by atoms with E-state index in [-0.39, 0.29) is 36.7 Å². The summed E-state index contributed by atoms with van der Waals surface area (Å²) in [5.74, 6) is -0.355. The van der Waals surface area contributed by atoms with Crippen LogP contribution in [0.2, 0.25) is 0 Å². The SMILES string of the molecule is Cl.O=C(CN1CCc2c([nH]c3ccccc23)C1c1cccc(F)c1)Nc1ccccc1. The number of aromatic nitrogens is 1. The van der Waals surface area contributed by atoms with Gasteiger partial charge in [0.05, 0.1) is 12.6 Å². The normalized spacial score (nSPS) is 15.8. The van der Waals surface area contributed by atoms with E-state index in [0.717, 1.165) is 35.4 Å². The number of aromatic amines is 1. The molecule has 1 unspecified atom stereocenters. The van der Waals surface area contributed by atoms with Gasteiger partial charge in [-0.25, -0.2) is 4.39 Å². The molecule has 1 amide bonds. The third-order valence-corrected chi connectivity index (χ3v) is 5.70. The highest BCUT2D eigenvalue weighted by Crippen LogP contribution is 2.38. The molecule has 158 valence electrons. The zero-order chi connectivity index (χ0) is 20.5. The highest BCUT2D eigenvalue weighted by atomic mass is 35.5. The van der Waals surface area contributed by atoms with E-state index in [2.05, 4.69) is 27.3 Å². The average Bonchev–Trinajstić information content (AvgIpc) is 3.13. The lowest BCUT2D eigenvalue weighted by atomic mass is 9.92. The molecule has 0 spiro atoms. The number of rotatable bonds is 4. The monoisotopic (exact) mass is 435 g/mol. The first-order chi connectivity index (χ1) is 14.7. The zero-order valence-corrected chi connectivity index (χ0v) is 17.7. The number of nitrogens with one attached hydrogen (secondary N) is 2. The molecular weight excluding hydrogens is 413 g/mol. The van der Waals surface area contributed by atoms with E-state index in [1.807, 2.05) is 48.5 Å². The molecule has 0 radical (unpaired) electrons. The van der Waals surface area contributed by atoms with Gasteiger partial charge in [0, 0.05) is 28.8 Å². The van der Waals surface area contributed by atoms with Crippen LogP contribution in [0.5, 0.6) is 0 Å². The molecule has 5 rings (SSSR count). The van der Waals surface area contributed by atoms with E-state index in [1.165, 1.54) is 17.0 Å². The summed E-state index contributed by atoms with van der Waals surface area (Å²) in [7, 11) is 0. The number of amides is 1. The summed E-state index contributed by atoms with van der Waals surface area (Å²) >= 11 is 0. The van der Waals surface area contributed by atoms with Gasteiger partial charge in [0.25, 0.3) is 0 Å². The molecule has 0 aliphatic carbocycles. The van der Waals surface area contributed by atoms with Gasteiger partial charge in [-0.3, -0.25) is 9.69 Å². The van der Waals surface area contributed by atoms with E-state index in [9.17, 15) is 9.18 Å². The second kappa shape index (κ2) is 8.92. The molecule has 3 aromatic carbocycles. The lowest BCUT2D eigenvalue weighted by Crippen LogP contribution is -2.41. The molecule has 0 saturated heterocycles. The van der Waals surface area contributed by atoms with E-state index in [1.54, 1.807) is 12.1 Å². The fraction of sp³-hybridized carbons (Fsp3) is 0.160. The standard InChI is InChI=1S/C25H22FN3O.ClH/c26-18-8-6-7-17(15-18)25-24-21(20-11-4-5-12-22(20)28-24)13-14-29(25)16-23(30)27-19-9-2-1-3-10-19;/h1-12,15,25,28H,13-14,16H2,(H,27,30);1H. The number of fused-ring (bicyclic) bond motifs is 3. The number of halogens is 2. The second-order valence-corrected chi connectivity index (χ2v) is 7.66. The summed E-state index contributed by atoms with van der Waals surface area (Å²) < 4.78 is 14.1. The Bertz CT molecular complexity index is 1210. The van der Waals surface area contributed by atoms with Gasteiger partial charge >= 0.3 is 0 Å². The number of hydrogen-bond acceptors (Lipinski definition) is 2. The van der Waals surface area contributed by atoms with Crippen LogP contribution in [0.1, 0.15) is 22.9 Å². The first-order valence-electron chi connectivity index (χ1n) is 10.1. The Morgan fingerprint density at radius 2 is 1.81 bits per heavy atom. The van der Waals surface area contributed by atoms with Crippen molar-refractivity contribution in [3.05, 3.63) is 102 Å². The van der Waals surface area contributed by atoms with Crippen molar-refractivity contribution >= 4 is 34.9 Å². The molecule has 1 aliphatic heterocycles. The van der Waals surface area contributed by atoms with Gasteiger partial charge in [0.15, 0.2) is 0 Å². The number of H-pyrrole nitrogens is 1. The molecular formula is C25H23ClFN3O. The molecule has 1 atom stereocenters. The summed E-state index contributed by atoms with van der Waals surface area (Å²) in [6.45, 7) is 0.948. The molecule has 4 aromatic rings. The van der Waals surface area contributed by atoms with Crippen molar-refractivity contribution < 1.29 is 9.18 Å². The Labute approximate surface area is 186 Å². The number of nitrogens with zero attached hydrogens (tertiary/aromatic N) is 1. The largest absolute Gasteiger partial charge is 0.357 e. The Balaban J connectivity index is 0.00000231. The van der Waals surface area contributed by atoms with Gasteiger partial charge in [0.1, 0.15) is 5.82 Å². The Morgan fingerprint density at radius 1 is 1.03 bits per heavy atom. The van der Waals surface area contributed by atoms with Crippen LogP contribution in [-0.2, 0) is 11.2 Å². The second-order valence-electron chi connectivity index (χ2n) is 7.66. The van der Waals surface area contributed by atoms with Gasteiger partial charge < -0.3 is 10.3 Å². The highest BCUT2D eigenvalue weighted by molar-refractivity contribution is 5.92. The molecule has 0 saturated carbocycles. The van der Waals surface area contributed by atoms with Crippen LogP contribution in [-0.4, -0.2) is 28.9 Å². The number of para-hydroxylation sites is 2. The maximum absolute atomic E-state index is 14.1. The van der Waals surface area contributed by atoms with Crippen LogP contribution in [0.4, 0.5) is 10.1 Å². The first kappa shape index (κ1) is 21.1. The molecule has 2 heterocycles. The number of anilines is 1. The van der Waals surface area contributed by atoms with Gasteiger partial charge in [0.2, 0.25) is 5.91 Å². The number of carbonyl (C=O) groups excluding carboxylic acids is 1. The number of hydrogen-bond donors (Lipinski definition) is 2. The van der Waals surface area contributed by atoms with Gasteiger partial charge in [-0.2, -0.15) is 0 Å². The van der Waals surface area contributed by atoms with E-state index >= 15 is 0 Å². The summed E-state index contributed by atoms with van der Waals surface area (Å²) in [5, 5.41) is 4.15. The Hall–Kier alpha value is -3.15. The minimum absolute atomic E-state index is 0. The lowest BCUT2D eigenvalue weighted by molar-refractivity contribution is -0.117. The zero-order valence-electron chi connectivity index (χ0n) is 16.8. The minimum atomic E-state index is -0.274. The summed E-state index contributed by atoms with van der Waals surface area (Å²) in [6.07, 6.45) is 0.837. The van der Waals surface area contributed by atoms with Crippen molar-refractivity contribution in [3.8, 4) is 0 Å². The predicted molar refractivity (Wildman–Crippen MR) is 124 cm³/mol. The van der Waals surface area contributed by atoms with Crippen molar-refractivity contribution in [2.24, 2.45) is 0 Å². The Morgan fingerprint density at radius 3 is 2.61 bits per heavy atom. The van der Waals surface area contributed by atoms with Crippen molar-refractivity contribution in [3.63, 3.8) is 0 Å². The van der Waals surface area contributed by atoms with Crippen LogP contribution in [0.3, 0.4) is 0 Å². The topological polar surface area (TPSA) is 48.1 Å². The van der Waals surface area contributed by atoms with Crippen molar-refractivity contribution in [1.82, 2.24) is 9.88 Å². The third-order valence-electron chi connectivity index (χ3n) is 5.70. The fourth-order valence-electron chi connectivity index (χ4n) is 4.42. The van der Waals surface area contributed by atoms with Crippen LogP contribution in [0.15, 0.2) is 78.9 Å². The quantitative estimate of drug-likeness (QED) is 0.456. The smallest absolute Gasteiger partial charge is 0.238 e. The molecule has 6 heteroatoms. The summed E-state index contributed by atoms with van der Waals surface area (Å²) in [4.78, 5) is 18.4. The van der Waals surface area contributed by atoms with Gasteiger partial charge in [-0.1, -0.05) is 48.5 Å². The van der Waals surface area contributed by atoms with Crippen LogP contribution in [0.25, 0.3) is 10.9 Å². The van der Waals surface area contributed by atoms with Gasteiger partial charge in [-0.15, -0.1) is 12.4 Å². The maximum Gasteiger partial charge on any atom is 0.238 e. The van der Waals surface area contributed by atoms with Crippen LogP contribution in [0, 0.1) is 5.82 Å². The minimum Gasteiger partial charge on any atom is -0.357 e. The first-order valence-corrected chi connectivity index (χ1v) is 10.1. The lowest BCUT2D eigenvalue weighted by Gasteiger charge is -2.35. The number of carbonyl (C=O) groups is 1. The highest BCUT2D eigenvalue weighted by Gasteiger charge is 2.32. The molecule has 4 nitrogen and oxygen atoms in total. The third kappa shape index (κ3) is 4.20. The summed E-state index contributed by atoms with van der Waals surface area (Å²) in [5.41, 5.74) is 4.97. The van der Waals surface area contributed by atoms with Crippen molar-refractivity contribution in [1.29, 1.82) is 0 Å². The van der Waals surface area contributed by atoms with Crippen LogP contribution >= 0.6 is 12.4 Å². The fourth-order valence-corrected chi connectivity index (χ4v) is 4.42. The maximum atomic E-state index is 14.1. The van der Waals surface area contributed by atoms with Crippen molar-refractivity contribution in [2.45, 2.75) is 12.5 Å². The Kier molecular flexibility index (Phi) is 6.07. The van der Waals surface area contributed by atoms with Gasteiger partial charge in [-0.05, 0) is 47.9 Å². The van der Waals surface area contributed by atoms with Crippen molar-refractivity contribution in [2.75, 3.05) is 18.4 Å². The molecule has 1 aromatic heterocycles. The number of benzene rings is 3. The average molecular weight is 436 g/mol. The van der Waals surface area contributed by atoms with E-state index in [0.29, 0.717) is 0 Å². The molecule has 31 heavy (non-hydrogen) atoms. The summed E-state index contributed by atoms with van der Waals surface area (Å²) in [6, 6.07) is 24.1. The van der Waals surface area contributed by atoms with E-state index in [4.69, 9.17) is 0 Å².